The molecule has 0 aliphatic carbocycles. The highest BCUT2D eigenvalue weighted by Gasteiger charge is 2.15. The minimum atomic E-state index is -2.91. The maximum absolute atomic E-state index is 11.7. The molecular formula is C16H26ClNO2S. The van der Waals surface area contributed by atoms with E-state index in [0.29, 0.717) is 6.42 Å². The molecule has 0 amide bonds. The number of benzene rings is 1. The fraction of sp³-hybridized carbons (Fsp3) is 0.625. The molecule has 0 aliphatic rings. The summed E-state index contributed by atoms with van der Waals surface area (Å²) in [5.41, 5.74) is 1.09. The lowest BCUT2D eigenvalue weighted by Crippen LogP contribution is -2.27. The van der Waals surface area contributed by atoms with E-state index in [1.165, 1.54) is 0 Å². The van der Waals surface area contributed by atoms with Crippen LogP contribution in [0.3, 0.4) is 0 Å². The van der Waals surface area contributed by atoms with Crippen LogP contribution in [-0.4, -0.2) is 33.0 Å². The Morgan fingerprint density at radius 2 is 1.95 bits per heavy atom. The van der Waals surface area contributed by atoms with Crippen LogP contribution in [-0.2, 0) is 16.3 Å². The van der Waals surface area contributed by atoms with Crippen LogP contribution in [0, 0.1) is 5.92 Å². The van der Waals surface area contributed by atoms with Gasteiger partial charge in [0.2, 0.25) is 0 Å². The van der Waals surface area contributed by atoms with Crippen LogP contribution in [0.25, 0.3) is 0 Å². The molecule has 0 saturated heterocycles. The second kappa shape index (κ2) is 9.44. The zero-order valence-electron chi connectivity index (χ0n) is 12.9. The normalized spacial score (nSPS) is 13.3. The third-order valence-corrected chi connectivity index (χ3v) is 5.71. The van der Waals surface area contributed by atoms with Gasteiger partial charge in [0.25, 0.3) is 0 Å². The van der Waals surface area contributed by atoms with Gasteiger partial charge < -0.3 is 5.32 Å². The van der Waals surface area contributed by atoms with E-state index >= 15 is 0 Å². The van der Waals surface area contributed by atoms with E-state index in [9.17, 15) is 8.42 Å². The minimum Gasteiger partial charge on any atom is -0.316 e. The summed E-state index contributed by atoms with van der Waals surface area (Å²) in [4.78, 5) is 0. The Morgan fingerprint density at radius 3 is 2.57 bits per heavy atom. The van der Waals surface area contributed by atoms with Crippen LogP contribution in [0.1, 0.15) is 32.3 Å². The molecule has 0 radical (unpaired) electrons. The molecule has 1 aromatic rings. The van der Waals surface area contributed by atoms with Crippen LogP contribution in [0.2, 0.25) is 5.02 Å². The standard InChI is InChI=1S/C16H26ClNO2S/c1-3-10-18-13-14(9-11-21(19,20)4-2)12-15-7-5-6-8-16(15)17/h5-8,14,18H,3-4,9-13H2,1-2H3. The summed E-state index contributed by atoms with van der Waals surface area (Å²) < 4.78 is 23.4. The predicted octanol–water partition coefficient (Wildman–Crippen LogP) is 3.32. The molecule has 1 rings (SSSR count). The molecule has 1 unspecified atom stereocenters. The van der Waals surface area contributed by atoms with E-state index in [1.54, 1.807) is 6.92 Å². The molecule has 0 saturated carbocycles. The summed E-state index contributed by atoms with van der Waals surface area (Å²) in [5, 5.41) is 4.15. The Balaban J connectivity index is 2.65. The molecule has 1 aromatic carbocycles. The fourth-order valence-electron chi connectivity index (χ4n) is 2.22. The van der Waals surface area contributed by atoms with Crippen molar-refractivity contribution in [3.63, 3.8) is 0 Å². The monoisotopic (exact) mass is 331 g/mol. The molecule has 0 fully saturated rings. The first-order chi connectivity index (χ1) is 9.98. The largest absolute Gasteiger partial charge is 0.316 e. The van der Waals surface area contributed by atoms with E-state index in [-0.39, 0.29) is 17.4 Å². The topological polar surface area (TPSA) is 46.2 Å². The molecule has 5 heteroatoms. The van der Waals surface area contributed by atoms with E-state index in [4.69, 9.17) is 11.6 Å². The Bertz CT molecular complexity index is 517. The van der Waals surface area contributed by atoms with Gasteiger partial charge in [-0.1, -0.05) is 43.6 Å². The summed E-state index contributed by atoms with van der Waals surface area (Å²) in [6, 6.07) is 7.79. The quantitative estimate of drug-likeness (QED) is 0.669. The first-order valence-corrected chi connectivity index (χ1v) is 9.83. The van der Waals surface area contributed by atoms with Gasteiger partial charge in [0.05, 0.1) is 5.75 Å². The molecule has 0 bridgehead atoms. The van der Waals surface area contributed by atoms with Crippen molar-refractivity contribution in [3.05, 3.63) is 34.9 Å². The van der Waals surface area contributed by atoms with Gasteiger partial charge in [-0.25, -0.2) is 8.42 Å². The first-order valence-electron chi connectivity index (χ1n) is 7.63. The van der Waals surface area contributed by atoms with E-state index in [2.05, 4.69) is 12.2 Å². The van der Waals surface area contributed by atoms with Gasteiger partial charge in [-0.2, -0.15) is 0 Å². The zero-order valence-corrected chi connectivity index (χ0v) is 14.5. The molecule has 0 spiro atoms. The lowest BCUT2D eigenvalue weighted by atomic mass is 9.96. The zero-order chi connectivity index (χ0) is 15.7. The van der Waals surface area contributed by atoms with Gasteiger partial charge >= 0.3 is 0 Å². The van der Waals surface area contributed by atoms with Gasteiger partial charge in [0, 0.05) is 10.8 Å². The summed E-state index contributed by atoms with van der Waals surface area (Å²) in [6.07, 6.45) is 2.57. The number of rotatable bonds is 10. The molecule has 1 atom stereocenters. The van der Waals surface area contributed by atoms with Crippen molar-refractivity contribution in [3.8, 4) is 0 Å². The van der Waals surface area contributed by atoms with E-state index in [1.807, 2.05) is 24.3 Å². The summed E-state index contributed by atoms with van der Waals surface area (Å²) in [7, 11) is -2.91. The summed E-state index contributed by atoms with van der Waals surface area (Å²) in [6.45, 7) is 5.61. The second-order valence-corrected chi connectivity index (χ2v) is 8.27. The molecule has 0 aromatic heterocycles. The summed E-state index contributed by atoms with van der Waals surface area (Å²) >= 11 is 6.21. The third kappa shape index (κ3) is 7.30. The average Bonchev–Trinajstić information content (AvgIpc) is 2.47. The van der Waals surface area contributed by atoms with Gasteiger partial charge in [-0.15, -0.1) is 0 Å². The predicted molar refractivity (Wildman–Crippen MR) is 90.8 cm³/mol. The molecule has 21 heavy (non-hydrogen) atoms. The van der Waals surface area contributed by atoms with Crippen molar-refractivity contribution >= 4 is 21.4 Å². The van der Waals surface area contributed by atoms with Gasteiger partial charge in [-0.05, 0) is 49.9 Å². The SMILES string of the molecule is CCCNCC(CCS(=O)(=O)CC)Cc1ccccc1Cl. The minimum absolute atomic E-state index is 0.216. The molecule has 0 heterocycles. The van der Waals surface area contributed by atoms with Gasteiger partial charge in [0.1, 0.15) is 9.84 Å². The van der Waals surface area contributed by atoms with Crippen molar-refractivity contribution in [1.82, 2.24) is 5.32 Å². The van der Waals surface area contributed by atoms with Crippen molar-refractivity contribution in [2.24, 2.45) is 5.92 Å². The molecule has 3 nitrogen and oxygen atoms in total. The maximum Gasteiger partial charge on any atom is 0.150 e. The highest BCUT2D eigenvalue weighted by atomic mass is 35.5. The number of sulfone groups is 1. The fourth-order valence-corrected chi connectivity index (χ4v) is 3.42. The van der Waals surface area contributed by atoms with E-state index in [0.717, 1.165) is 36.5 Å². The van der Waals surface area contributed by atoms with Crippen molar-refractivity contribution in [2.45, 2.75) is 33.1 Å². The Hall–Kier alpha value is -0.580. The molecule has 1 N–H and O–H groups in total. The van der Waals surface area contributed by atoms with Crippen molar-refractivity contribution in [2.75, 3.05) is 24.6 Å². The molecule has 0 aliphatic heterocycles. The maximum atomic E-state index is 11.7. The average molecular weight is 332 g/mol. The van der Waals surface area contributed by atoms with Crippen LogP contribution < -0.4 is 5.32 Å². The van der Waals surface area contributed by atoms with E-state index < -0.39 is 9.84 Å². The Morgan fingerprint density at radius 1 is 1.24 bits per heavy atom. The van der Waals surface area contributed by atoms with Crippen LogP contribution in [0.5, 0.6) is 0 Å². The Kier molecular flexibility index (Phi) is 8.30. The highest BCUT2D eigenvalue weighted by molar-refractivity contribution is 7.91. The first kappa shape index (κ1) is 18.5. The van der Waals surface area contributed by atoms with Crippen LogP contribution >= 0.6 is 11.6 Å². The lowest BCUT2D eigenvalue weighted by molar-refractivity contribution is 0.458. The molecular weight excluding hydrogens is 306 g/mol. The number of hydrogen-bond acceptors (Lipinski definition) is 3. The highest BCUT2D eigenvalue weighted by Crippen LogP contribution is 2.20. The van der Waals surface area contributed by atoms with Gasteiger partial charge in [-0.3, -0.25) is 0 Å². The third-order valence-electron chi connectivity index (χ3n) is 3.60. The number of halogens is 1. The lowest BCUT2D eigenvalue weighted by Gasteiger charge is -2.18. The van der Waals surface area contributed by atoms with Crippen molar-refractivity contribution in [1.29, 1.82) is 0 Å². The Labute approximate surface area is 134 Å². The number of hydrogen-bond donors (Lipinski definition) is 1. The van der Waals surface area contributed by atoms with Crippen LogP contribution in [0.4, 0.5) is 0 Å². The van der Waals surface area contributed by atoms with Crippen LogP contribution in [0.15, 0.2) is 24.3 Å². The smallest absolute Gasteiger partial charge is 0.150 e. The molecule has 120 valence electrons. The number of nitrogens with one attached hydrogen (secondary N) is 1. The summed E-state index contributed by atoms with van der Waals surface area (Å²) in [5.74, 6) is 0.762. The van der Waals surface area contributed by atoms with Crippen molar-refractivity contribution < 1.29 is 8.42 Å². The second-order valence-electron chi connectivity index (χ2n) is 5.39. The van der Waals surface area contributed by atoms with Gasteiger partial charge in [0.15, 0.2) is 0 Å².